The summed E-state index contributed by atoms with van der Waals surface area (Å²) in [7, 11) is 0. The van der Waals surface area contributed by atoms with Gasteiger partial charge in [0.15, 0.2) is 0 Å². The molecule has 0 aromatic rings. The van der Waals surface area contributed by atoms with E-state index in [1.165, 1.54) is 0 Å². The Balaban J connectivity index is -0.0000000200. The van der Waals surface area contributed by atoms with Crippen LogP contribution in [0.25, 0.3) is 0 Å². The fourth-order valence-corrected chi connectivity index (χ4v) is 0. The Bertz CT molecular complexity index is 9.61. The smallest absolute Gasteiger partial charge is 0 e. The zero-order valence-corrected chi connectivity index (χ0v) is 6.43. The average molecular weight is 206 g/mol. The van der Waals surface area contributed by atoms with Gasteiger partial charge in [0.1, 0.15) is 0 Å². The first-order valence-corrected chi connectivity index (χ1v) is 2.45. The average Bonchev–Trinajstić information content (AvgIpc) is 0.918. The van der Waals surface area contributed by atoms with Crippen LogP contribution in [0, 0.1) is 0 Å². The van der Waals surface area contributed by atoms with Gasteiger partial charge < -0.3 is 0 Å². The number of rotatable bonds is 0. The fraction of sp³-hybridized carbons (Fsp3) is 1.00. The molecule has 0 fully saturated rings. The minimum absolute atomic E-state index is 0. The second-order valence-electron chi connectivity index (χ2n) is 0.408. The Hall–Kier alpha value is 1.35. The largest absolute Gasteiger partial charge is 0.169 e. The van der Waals surface area contributed by atoms with Gasteiger partial charge in [-0.25, -0.2) is 0 Å². The summed E-state index contributed by atoms with van der Waals surface area (Å²) >= 11 is 1.75. The van der Waals surface area contributed by atoms with Gasteiger partial charge in [-0.1, -0.05) is 0 Å². The summed E-state index contributed by atoms with van der Waals surface area (Å²) in [5, 5.41) is 0. The molecule has 0 aliphatic carbocycles. The van der Waals surface area contributed by atoms with E-state index in [1.54, 1.807) is 11.8 Å². The summed E-state index contributed by atoms with van der Waals surface area (Å²) in [5.41, 5.74) is 0. The van der Waals surface area contributed by atoms with Crippen molar-refractivity contribution in [2.45, 2.75) is 0 Å². The molecule has 0 aromatic heterocycles. The number of hydrogen-bond acceptors (Lipinski definition) is 1. The molecule has 0 atom stereocenters. The van der Waals surface area contributed by atoms with E-state index in [-0.39, 0.29) is 34.1 Å². The van der Waals surface area contributed by atoms with Gasteiger partial charge >= 0.3 is 0 Å². The molecule has 0 saturated carbocycles. The standard InChI is InChI=1S/C2H6S.Br.Cu/c1-3-2;;/h1-2H3;;. The maximum absolute atomic E-state index is 2.04. The molecule has 2 radical (unpaired) electrons. The first kappa shape index (κ1) is 16.2. The second kappa shape index (κ2) is 18.3. The van der Waals surface area contributed by atoms with Gasteiger partial charge in [0.05, 0.1) is 0 Å². The van der Waals surface area contributed by atoms with Gasteiger partial charge in [-0.05, 0) is 12.5 Å². The Labute approximate surface area is 58.3 Å². The molecule has 0 spiro atoms. The van der Waals surface area contributed by atoms with Crippen LogP contribution < -0.4 is 0 Å². The van der Waals surface area contributed by atoms with Crippen LogP contribution in [-0.2, 0) is 17.1 Å². The first-order chi connectivity index (χ1) is 1.41. The summed E-state index contributed by atoms with van der Waals surface area (Å²) in [6, 6.07) is 0. The maximum atomic E-state index is 2.04. The normalized spacial score (nSPS) is 3.60. The molecule has 0 aliphatic rings. The number of thioether (sulfide) groups is 1. The third kappa shape index (κ3) is 33.0. The van der Waals surface area contributed by atoms with E-state index in [2.05, 4.69) is 0 Å². The molecular weight excluding hydrogens is 200 g/mol. The van der Waals surface area contributed by atoms with Crippen LogP contribution >= 0.6 is 28.7 Å². The van der Waals surface area contributed by atoms with Crippen LogP contribution in [0.1, 0.15) is 0 Å². The topological polar surface area (TPSA) is 0 Å². The monoisotopic (exact) mass is 204 g/mol. The van der Waals surface area contributed by atoms with Gasteiger partial charge in [-0.3, -0.25) is 0 Å². The van der Waals surface area contributed by atoms with Gasteiger partial charge in [0.25, 0.3) is 0 Å². The molecule has 0 aromatic carbocycles. The van der Waals surface area contributed by atoms with Gasteiger partial charge in [0, 0.05) is 34.1 Å². The Morgan fingerprint density at radius 1 is 1.20 bits per heavy atom. The summed E-state index contributed by atoms with van der Waals surface area (Å²) in [5.74, 6) is 0. The number of halogens is 1. The van der Waals surface area contributed by atoms with Crippen molar-refractivity contribution < 1.29 is 17.1 Å². The van der Waals surface area contributed by atoms with Gasteiger partial charge in [0.2, 0.25) is 0 Å². The number of hydrogen-bond donors (Lipinski definition) is 0. The van der Waals surface area contributed by atoms with Crippen LogP contribution in [0.3, 0.4) is 0 Å². The van der Waals surface area contributed by atoms with E-state index in [1.807, 2.05) is 12.5 Å². The molecular formula is C2H6BrCuS. The molecule has 38 valence electrons. The van der Waals surface area contributed by atoms with Crippen LogP contribution in [0.2, 0.25) is 0 Å². The van der Waals surface area contributed by atoms with E-state index in [4.69, 9.17) is 0 Å². The zero-order valence-electron chi connectivity index (χ0n) is 3.09. The van der Waals surface area contributed by atoms with Crippen LogP contribution in [0.15, 0.2) is 0 Å². The molecule has 0 heterocycles. The minimum Gasteiger partial charge on any atom is -0.169 e. The summed E-state index contributed by atoms with van der Waals surface area (Å²) in [4.78, 5) is 0. The van der Waals surface area contributed by atoms with Crippen molar-refractivity contribution in [1.82, 2.24) is 0 Å². The molecule has 5 heavy (non-hydrogen) atoms. The minimum atomic E-state index is 0. The third-order valence-electron chi connectivity index (χ3n) is 0. The van der Waals surface area contributed by atoms with E-state index in [0.717, 1.165) is 0 Å². The predicted molar refractivity (Wildman–Crippen MR) is 28.4 cm³/mol. The van der Waals surface area contributed by atoms with Crippen LogP contribution in [0.4, 0.5) is 0 Å². The van der Waals surface area contributed by atoms with Crippen LogP contribution in [0.5, 0.6) is 0 Å². The molecule has 0 nitrogen and oxygen atoms in total. The molecule has 0 rings (SSSR count). The summed E-state index contributed by atoms with van der Waals surface area (Å²) < 4.78 is 0. The summed E-state index contributed by atoms with van der Waals surface area (Å²) in [6.45, 7) is 0. The van der Waals surface area contributed by atoms with E-state index in [9.17, 15) is 0 Å². The van der Waals surface area contributed by atoms with Gasteiger partial charge in [-0.2, -0.15) is 11.8 Å². The SMILES string of the molecule is CSC.[Br].[Cu]. The molecule has 0 unspecified atom stereocenters. The molecule has 0 N–H and O–H groups in total. The molecule has 3 heteroatoms. The van der Waals surface area contributed by atoms with Crippen molar-refractivity contribution in [1.29, 1.82) is 0 Å². The predicted octanol–water partition coefficient (Wildman–Crippen LogP) is 1.82. The van der Waals surface area contributed by atoms with Crippen molar-refractivity contribution in [2.75, 3.05) is 12.5 Å². The van der Waals surface area contributed by atoms with Gasteiger partial charge in [-0.15, -0.1) is 0 Å². The van der Waals surface area contributed by atoms with Crippen LogP contribution in [-0.4, -0.2) is 12.5 Å². The Morgan fingerprint density at radius 2 is 1.20 bits per heavy atom. The molecule has 0 saturated heterocycles. The zero-order chi connectivity index (χ0) is 2.71. The van der Waals surface area contributed by atoms with E-state index >= 15 is 0 Å². The Kier molecular flexibility index (Phi) is 59.4. The molecule has 0 bridgehead atoms. The first-order valence-electron chi connectivity index (χ1n) is 0.816. The van der Waals surface area contributed by atoms with Crippen molar-refractivity contribution >= 4 is 28.7 Å². The maximum Gasteiger partial charge on any atom is 0 e. The second-order valence-corrected chi connectivity index (χ2v) is 1.22. The third-order valence-corrected chi connectivity index (χ3v) is 0. The van der Waals surface area contributed by atoms with E-state index < -0.39 is 0 Å². The fourth-order valence-electron chi connectivity index (χ4n) is 0. The van der Waals surface area contributed by atoms with E-state index in [0.29, 0.717) is 0 Å². The van der Waals surface area contributed by atoms with Crippen molar-refractivity contribution in [3.05, 3.63) is 0 Å². The molecule has 0 aliphatic heterocycles. The quantitative estimate of drug-likeness (QED) is 0.544. The summed E-state index contributed by atoms with van der Waals surface area (Å²) in [6.07, 6.45) is 4.08. The Morgan fingerprint density at radius 3 is 1.20 bits per heavy atom. The van der Waals surface area contributed by atoms with Crippen molar-refractivity contribution in [3.63, 3.8) is 0 Å². The van der Waals surface area contributed by atoms with Crippen molar-refractivity contribution in [3.8, 4) is 0 Å². The molecule has 0 amide bonds. The van der Waals surface area contributed by atoms with Crippen molar-refractivity contribution in [2.24, 2.45) is 0 Å².